The van der Waals surface area contributed by atoms with Crippen molar-refractivity contribution in [2.24, 2.45) is 0 Å². The molecule has 2 fully saturated rings. The topological polar surface area (TPSA) is 82.3 Å². The molecule has 0 N–H and O–H groups in total. The molecule has 0 spiro atoms. The van der Waals surface area contributed by atoms with Crippen LogP contribution in [0.4, 0.5) is 11.5 Å². The zero-order chi connectivity index (χ0) is 30.1. The molecule has 0 radical (unpaired) electrons. The number of halogens is 1. The molecule has 4 heterocycles. The third-order valence-electron chi connectivity index (χ3n) is 8.89. The molecular formula is C32H37ClN8O2. The van der Waals surface area contributed by atoms with Gasteiger partial charge >= 0.3 is 6.01 Å². The third-order valence-corrected chi connectivity index (χ3v) is 9.20. The van der Waals surface area contributed by atoms with Gasteiger partial charge < -0.3 is 24.3 Å². The van der Waals surface area contributed by atoms with Crippen molar-refractivity contribution < 1.29 is 9.53 Å². The Balaban J connectivity index is 1.33. The van der Waals surface area contributed by atoms with Gasteiger partial charge in [0.2, 0.25) is 12.5 Å². The first-order chi connectivity index (χ1) is 20.9. The Bertz CT molecular complexity index is 1570. The van der Waals surface area contributed by atoms with E-state index in [0.717, 1.165) is 46.5 Å². The number of ether oxygens (including phenoxy) is 1. The second-order valence-corrected chi connectivity index (χ2v) is 12.1. The Morgan fingerprint density at radius 1 is 1.26 bits per heavy atom. The highest BCUT2D eigenvalue weighted by Gasteiger charge is 2.35. The number of anilines is 2. The molecule has 1 amide bonds. The van der Waals surface area contributed by atoms with Crippen LogP contribution in [0.3, 0.4) is 0 Å². The van der Waals surface area contributed by atoms with E-state index in [1.807, 2.05) is 30.6 Å². The van der Waals surface area contributed by atoms with Crippen molar-refractivity contribution in [3.05, 3.63) is 70.9 Å². The molecule has 2 aliphatic heterocycles. The lowest BCUT2D eigenvalue weighted by Gasteiger charge is -2.41. The highest BCUT2D eigenvalue weighted by atomic mass is 35.5. The second-order valence-electron chi connectivity index (χ2n) is 11.7. The Morgan fingerprint density at radius 2 is 2.09 bits per heavy atom. The number of pyridine rings is 1. The molecule has 2 aromatic heterocycles. The van der Waals surface area contributed by atoms with Crippen molar-refractivity contribution in [3.63, 3.8) is 0 Å². The Hall–Kier alpha value is -3.94. The minimum absolute atomic E-state index is 0.145. The van der Waals surface area contributed by atoms with E-state index >= 15 is 0 Å². The summed E-state index contributed by atoms with van der Waals surface area (Å²) in [6, 6.07) is 6.84. The highest BCUT2D eigenvalue weighted by Crippen LogP contribution is 2.37. The first-order valence-corrected chi connectivity index (χ1v) is 15.3. The molecule has 10 nitrogen and oxygen atoms in total. The lowest BCUT2D eigenvalue weighted by Crippen LogP contribution is -2.56. The van der Waals surface area contributed by atoms with E-state index in [1.54, 1.807) is 4.90 Å². The van der Waals surface area contributed by atoms with Gasteiger partial charge in [-0.3, -0.25) is 14.7 Å². The van der Waals surface area contributed by atoms with E-state index in [1.165, 1.54) is 18.9 Å². The van der Waals surface area contributed by atoms with Gasteiger partial charge in [-0.1, -0.05) is 30.3 Å². The molecule has 1 saturated carbocycles. The number of carbonyl (C=O) groups excluding carboxylic acids is 1. The lowest BCUT2D eigenvalue weighted by molar-refractivity contribution is -0.128. The first kappa shape index (κ1) is 29.1. The average molecular weight is 601 g/mol. The predicted octanol–water partition coefficient (Wildman–Crippen LogP) is 4.22. The van der Waals surface area contributed by atoms with Crippen molar-refractivity contribution in [2.45, 2.75) is 50.9 Å². The van der Waals surface area contributed by atoms with Gasteiger partial charge in [-0.15, -0.1) is 0 Å². The molecule has 1 aromatic carbocycles. The number of benzene rings is 1. The molecule has 1 aliphatic carbocycles. The number of nitrogens with zero attached hydrogens (tertiary/aromatic N) is 8. The lowest BCUT2D eigenvalue weighted by atomic mass is 10.0. The SMILES string of the molecule is [C-]#[N+]C[C@H]1CN(c2nc(OC[C@@H](C)N(C)C3CC3)nc3c2CCN(c2cncc4cccc(Cl)c24)C3)CCN1C(=O)C=C. The molecule has 2 atom stereocenters. The van der Waals surface area contributed by atoms with Crippen LogP contribution in [0.1, 0.15) is 31.0 Å². The summed E-state index contributed by atoms with van der Waals surface area (Å²) in [6.07, 6.45) is 8.23. The fraction of sp³-hybridized carbons (Fsp3) is 0.469. The molecule has 11 heteroatoms. The molecule has 224 valence electrons. The normalized spacial score (nSPS) is 19.2. The number of rotatable bonds is 9. The highest BCUT2D eigenvalue weighted by molar-refractivity contribution is 6.36. The van der Waals surface area contributed by atoms with Crippen LogP contribution in [-0.2, 0) is 17.8 Å². The maximum Gasteiger partial charge on any atom is 0.318 e. The van der Waals surface area contributed by atoms with E-state index in [0.29, 0.717) is 49.9 Å². The van der Waals surface area contributed by atoms with Crippen LogP contribution in [0.15, 0.2) is 43.2 Å². The minimum atomic E-state index is -0.247. The summed E-state index contributed by atoms with van der Waals surface area (Å²) in [7, 11) is 2.15. The van der Waals surface area contributed by atoms with Gasteiger partial charge in [0.15, 0.2) is 0 Å². The zero-order valence-corrected chi connectivity index (χ0v) is 25.5. The number of fused-ring (bicyclic) bond motifs is 2. The van der Waals surface area contributed by atoms with Crippen LogP contribution < -0.4 is 14.5 Å². The maximum atomic E-state index is 12.5. The minimum Gasteiger partial charge on any atom is -0.462 e. The average Bonchev–Trinajstić information content (AvgIpc) is 3.88. The summed E-state index contributed by atoms with van der Waals surface area (Å²) in [5, 5.41) is 2.67. The van der Waals surface area contributed by atoms with Gasteiger partial charge in [0.25, 0.3) is 0 Å². The standard InChI is InChI=1S/C32H37ClN8O2/c1-5-29(42)41-14-13-40(18-24(41)16-34-3)31-25-11-12-39(28-17-35-15-22-7-6-8-26(33)30(22)28)19-27(25)36-32(37-31)43-20-21(2)38(4)23-9-10-23/h5-8,15,17,21,23-24H,1,9-14,16,18-20H2,2,4H3/t21-,24+/m1/s1. The van der Waals surface area contributed by atoms with Crippen LogP contribution in [0.25, 0.3) is 15.6 Å². The largest absolute Gasteiger partial charge is 0.462 e. The van der Waals surface area contributed by atoms with Crippen molar-refractivity contribution in [1.82, 2.24) is 24.8 Å². The van der Waals surface area contributed by atoms with E-state index < -0.39 is 0 Å². The number of likely N-dealkylation sites (N-methyl/N-ethyl adjacent to an activating group) is 1. The van der Waals surface area contributed by atoms with Crippen LogP contribution in [0.5, 0.6) is 6.01 Å². The van der Waals surface area contributed by atoms with Crippen molar-refractivity contribution in [3.8, 4) is 6.01 Å². The molecule has 6 rings (SSSR count). The summed E-state index contributed by atoms with van der Waals surface area (Å²) < 4.78 is 6.28. The fourth-order valence-electron chi connectivity index (χ4n) is 6.20. The third kappa shape index (κ3) is 5.97. The van der Waals surface area contributed by atoms with Gasteiger partial charge in [-0.2, -0.15) is 9.97 Å². The van der Waals surface area contributed by atoms with Crippen LogP contribution in [0.2, 0.25) is 5.02 Å². The van der Waals surface area contributed by atoms with E-state index in [4.69, 9.17) is 32.9 Å². The van der Waals surface area contributed by atoms with Crippen LogP contribution >= 0.6 is 11.6 Å². The number of amides is 1. The van der Waals surface area contributed by atoms with Crippen molar-refractivity contribution in [1.29, 1.82) is 0 Å². The van der Waals surface area contributed by atoms with Gasteiger partial charge in [-0.05, 0) is 45.4 Å². The molecule has 0 unspecified atom stereocenters. The number of piperazine rings is 1. The van der Waals surface area contributed by atoms with E-state index in [2.05, 4.69) is 45.1 Å². The van der Waals surface area contributed by atoms with Crippen molar-refractivity contribution in [2.75, 3.05) is 56.2 Å². The molecular weight excluding hydrogens is 564 g/mol. The zero-order valence-electron chi connectivity index (χ0n) is 24.7. The quantitative estimate of drug-likeness (QED) is 0.267. The van der Waals surface area contributed by atoms with Crippen LogP contribution in [-0.4, -0.2) is 95.2 Å². The Kier molecular flexibility index (Phi) is 8.37. The summed E-state index contributed by atoms with van der Waals surface area (Å²) in [5.41, 5.74) is 2.96. The summed E-state index contributed by atoms with van der Waals surface area (Å²) in [5.74, 6) is 0.686. The summed E-state index contributed by atoms with van der Waals surface area (Å²) in [6.45, 7) is 16.9. The summed E-state index contributed by atoms with van der Waals surface area (Å²) in [4.78, 5) is 39.2. The van der Waals surface area contributed by atoms with Crippen molar-refractivity contribution >= 4 is 39.8 Å². The Labute approximate surface area is 257 Å². The number of carbonyl (C=O) groups is 1. The Morgan fingerprint density at radius 3 is 2.86 bits per heavy atom. The van der Waals surface area contributed by atoms with Gasteiger partial charge in [-0.25, -0.2) is 6.57 Å². The van der Waals surface area contributed by atoms with Crippen LogP contribution in [0, 0.1) is 6.57 Å². The van der Waals surface area contributed by atoms with E-state index in [9.17, 15) is 4.79 Å². The molecule has 0 bridgehead atoms. The second kappa shape index (κ2) is 12.3. The van der Waals surface area contributed by atoms with Gasteiger partial charge in [0, 0.05) is 60.8 Å². The van der Waals surface area contributed by atoms with Gasteiger partial charge in [0.05, 0.1) is 29.1 Å². The van der Waals surface area contributed by atoms with E-state index in [-0.39, 0.29) is 24.5 Å². The number of hydrogen-bond donors (Lipinski definition) is 0. The molecule has 3 aliphatic rings. The molecule has 1 saturated heterocycles. The number of hydrogen-bond acceptors (Lipinski definition) is 8. The molecule has 43 heavy (non-hydrogen) atoms. The fourth-order valence-corrected chi connectivity index (χ4v) is 6.48. The first-order valence-electron chi connectivity index (χ1n) is 14.9. The maximum absolute atomic E-state index is 12.5. The predicted molar refractivity (Wildman–Crippen MR) is 169 cm³/mol. The number of aromatic nitrogens is 3. The van der Waals surface area contributed by atoms with Gasteiger partial charge in [0.1, 0.15) is 18.5 Å². The smallest absolute Gasteiger partial charge is 0.318 e. The monoisotopic (exact) mass is 600 g/mol. The summed E-state index contributed by atoms with van der Waals surface area (Å²) >= 11 is 6.67. The molecule has 3 aromatic rings.